The summed E-state index contributed by atoms with van der Waals surface area (Å²) in [4.78, 5) is 29.6. The molecule has 2 amide bonds. The number of ether oxygens (including phenoxy) is 1. The second-order valence-corrected chi connectivity index (χ2v) is 8.99. The topological polar surface area (TPSA) is 49.9 Å². The SMILES string of the molecule is O=C(CC1(COc2ccccc2)CCN(C(=O)c2ccccc2F)CC1)N1CCCCC1. The third kappa shape index (κ3) is 5.29. The van der Waals surface area contributed by atoms with Crippen LogP contribution in [0.3, 0.4) is 0 Å². The minimum atomic E-state index is -0.498. The number of halogens is 1. The summed E-state index contributed by atoms with van der Waals surface area (Å²) >= 11 is 0. The minimum Gasteiger partial charge on any atom is -0.493 e. The molecule has 0 aromatic heterocycles. The normalized spacial score (nSPS) is 18.3. The van der Waals surface area contributed by atoms with Gasteiger partial charge in [-0.2, -0.15) is 0 Å². The average molecular weight is 439 g/mol. The van der Waals surface area contributed by atoms with E-state index in [4.69, 9.17) is 4.74 Å². The molecule has 6 heteroatoms. The van der Waals surface area contributed by atoms with Gasteiger partial charge in [-0.1, -0.05) is 30.3 Å². The number of para-hydroxylation sites is 1. The van der Waals surface area contributed by atoms with Gasteiger partial charge in [0.25, 0.3) is 5.91 Å². The van der Waals surface area contributed by atoms with Crippen molar-refractivity contribution < 1.29 is 18.7 Å². The van der Waals surface area contributed by atoms with Crippen molar-refractivity contribution in [3.63, 3.8) is 0 Å². The molecular formula is C26H31FN2O3. The Bertz CT molecular complexity index is 920. The van der Waals surface area contributed by atoms with Crippen molar-refractivity contribution in [1.82, 2.24) is 9.80 Å². The molecule has 2 fully saturated rings. The van der Waals surface area contributed by atoms with Gasteiger partial charge in [0, 0.05) is 38.0 Å². The number of carbonyl (C=O) groups is 2. The minimum absolute atomic E-state index is 0.102. The number of hydrogen-bond acceptors (Lipinski definition) is 3. The summed E-state index contributed by atoms with van der Waals surface area (Å²) in [5, 5.41) is 0. The van der Waals surface area contributed by atoms with Gasteiger partial charge < -0.3 is 14.5 Å². The summed E-state index contributed by atoms with van der Waals surface area (Å²) in [6.07, 6.45) is 5.02. The Morgan fingerprint density at radius 1 is 0.844 bits per heavy atom. The van der Waals surface area contributed by atoms with Gasteiger partial charge >= 0.3 is 0 Å². The molecule has 0 bridgehead atoms. The quantitative estimate of drug-likeness (QED) is 0.666. The molecule has 2 aliphatic heterocycles. The third-order valence-electron chi connectivity index (χ3n) is 6.74. The zero-order chi connectivity index (χ0) is 22.4. The van der Waals surface area contributed by atoms with Crippen molar-refractivity contribution in [2.24, 2.45) is 5.41 Å². The number of amides is 2. The predicted molar refractivity (Wildman–Crippen MR) is 121 cm³/mol. The van der Waals surface area contributed by atoms with E-state index in [1.54, 1.807) is 17.0 Å². The fraction of sp³-hybridized carbons (Fsp3) is 0.462. The molecule has 2 aliphatic rings. The van der Waals surface area contributed by atoms with Crippen LogP contribution in [0.15, 0.2) is 54.6 Å². The molecule has 32 heavy (non-hydrogen) atoms. The lowest BCUT2D eigenvalue weighted by molar-refractivity contribution is -0.136. The van der Waals surface area contributed by atoms with Crippen LogP contribution in [0.1, 0.15) is 48.9 Å². The Labute approximate surface area is 189 Å². The highest BCUT2D eigenvalue weighted by atomic mass is 19.1. The molecule has 0 radical (unpaired) electrons. The number of rotatable bonds is 6. The fourth-order valence-electron chi connectivity index (χ4n) is 4.69. The van der Waals surface area contributed by atoms with E-state index in [0.29, 0.717) is 39.0 Å². The first-order valence-corrected chi connectivity index (χ1v) is 11.6. The van der Waals surface area contributed by atoms with E-state index in [0.717, 1.165) is 31.7 Å². The Hall–Kier alpha value is -2.89. The lowest BCUT2D eigenvalue weighted by Gasteiger charge is -2.42. The van der Waals surface area contributed by atoms with E-state index in [2.05, 4.69) is 0 Å². The van der Waals surface area contributed by atoms with E-state index in [9.17, 15) is 14.0 Å². The van der Waals surface area contributed by atoms with Crippen molar-refractivity contribution >= 4 is 11.8 Å². The summed E-state index contributed by atoms with van der Waals surface area (Å²) < 4.78 is 20.2. The molecule has 170 valence electrons. The molecule has 0 unspecified atom stereocenters. The van der Waals surface area contributed by atoms with E-state index in [1.165, 1.54) is 18.6 Å². The zero-order valence-corrected chi connectivity index (χ0v) is 18.5. The molecule has 4 rings (SSSR count). The number of hydrogen-bond donors (Lipinski definition) is 0. The van der Waals surface area contributed by atoms with Crippen LogP contribution in [-0.4, -0.2) is 54.4 Å². The first kappa shape index (κ1) is 22.3. The van der Waals surface area contributed by atoms with Crippen LogP contribution < -0.4 is 4.74 Å². The molecule has 2 aromatic carbocycles. The molecule has 0 atom stereocenters. The van der Waals surface area contributed by atoms with E-state index in [1.807, 2.05) is 35.2 Å². The largest absolute Gasteiger partial charge is 0.493 e. The van der Waals surface area contributed by atoms with Gasteiger partial charge in [-0.3, -0.25) is 9.59 Å². The number of carbonyl (C=O) groups excluding carboxylic acids is 2. The van der Waals surface area contributed by atoms with E-state index < -0.39 is 5.82 Å². The van der Waals surface area contributed by atoms with Crippen LogP contribution in [0.2, 0.25) is 0 Å². The van der Waals surface area contributed by atoms with Crippen molar-refractivity contribution in [2.45, 2.75) is 38.5 Å². The van der Waals surface area contributed by atoms with Gasteiger partial charge in [0.1, 0.15) is 11.6 Å². The summed E-state index contributed by atoms with van der Waals surface area (Å²) in [5.74, 6) is 0.169. The highest BCUT2D eigenvalue weighted by Gasteiger charge is 2.40. The van der Waals surface area contributed by atoms with Gasteiger partial charge in [-0.15, -0.1) is 0 Å². The lowest BCUT2D eigenvalue weighted by Crippen LogP contribution is -2.48. The van der Waals surface area contributed by atoms with Gasteiger partial charge in [0.15, 0.2) is 0 Å². The van der Waals surface area contributed by atoms with E-state index in [-0.39, 0.29) is 22.8 Å². The summed E-state index contributed by atoms with van der Waals surface area (Å²) in [6, 6.07) is 15.7. The molecule has 0 N–H and O–H groups in total. The van der Waals surface area contributed by atoms with Crippen LogP contribution in [0.4, 0.5) is 4.39 Å². The number of piperidine rings is 2. The first-order valence-electron chi connectivity index (χ1n) is 11.6. The van der Waals surface area contributed by atoms with Gasteiger partial charge in [0.05, 0.1) is 12.2 Å². The van der Waals surface area contributed by atoms with Gasteiger partial charge in [-0.25, -0.2) is 4.39 Å². The number of benzene rings is 2. The lowest BCUT2D eigenvalue weighted by atomic mass is 9.75. The molecule has 0 spiro atoms. The first-order chi connectivity index (χ1) is 15.6. The Balaban J connectivity index is 1.45. The molecule has 0 aliphatic carbocycles. The smallest absolute Gasteiger partial charge is 0.256 e. The fourth-order valence-corrected chi connectivity index (χ4v) is 4.69. The van der Waals surface area contributed by atoms with Gasteiger partial charge in [0.2, 0.25) is 5.91 Å². The van der Waals surface area contributed by atoms with Crippen molar-refractivity contribution in [3.8, 4) is 5.75 Å². The van der Waals surface area contributed by atoms with Crippen LogP contribution in [0.5, 0.6) is 5.75 Å². The van der Waals surface area contributed by atoms with Crippen molar-refractivity contribution in [2.75, 3.05) is 32.8 Å². The van der Waals surface area contributed by atoms with Gasteiger partial charge in [-0.05, 0) is 56.4 Å². The predicted octanol–water partition coefficient (Wildman–Crippen LogP) is 4.53. The maximum atomic E-state index is 14.1. The maximum Gasteiger partial charge on any atom is 0.256 e. The van der Waals surface area contributed by atoms with E-state index >= 15 is 0 Å². The standard InChI is InChI=1S/C26H31FN2O3/c27-23-12-6-5-11-22(23)25(31)29-17-13-26(14-18-29,20-32-21-9-3-1-4-10-21)19-24(30)28-15-7-2-8-16-28/h1,3-6,9-12H,2,7-8,13-20H2. The second kappa shape index (κ2) is 10.2. The van der Waals surface area contributed by atoms with Crippen LogP contribution in [0, 0.1) is 11.2 Å². The molecule has 5 nitrogen and oxygen atoms in total. The second-order valence-electron chi connectivity index (χ2n) is 8.99. The summed E-state index contributed by atoms with van der Waals surface area (Å²) in [7, 11) is 0. The molecule has 2 heterocycles. The Kier molecular flexibility index (Phi) is 7.08. The van der Waals surface area contributed by atoms with Crippen molar-refractivity contribution in [1.29, 1.82) is 0 Å². The van der Waals surface area contributed by atoms with Crippen LogP contribution in [0.25, 0.3) is 0 Å². The molecule has 2 aromatic rings. The molecule has 2 saturated heterocycles. The Morgan fingerprint density at radius 2 is 1.50 bits per heavy atom. The molecular weight excluding hydrogens is 407 g/mol. The number of nitrogens with zero attached hydrogens (tertiary/aromatic N) is 2. The van der Waals surface area contributed by atoms with Crippen molar-refractivity contribution in [3.05, 3.63) is 66.0 Å². The summed E-state index contributed by atoms with van der Waals surface area (Å²) in [5.41, 5.74) is -0.235. The molecule has 0 saturated carbocycles. The summed E-state index contributed by atoms with van der Waals surface area (Å²) in [6.45, 7) is 3.05. The number of likely N-dealkylation sites (tertiary alicyclic amines) is 2. The van der Waals surface area contributed by atoms with Crippen LogP contribution >= 0.6 is 0 Å². The average Bonchev–Trinajstić information content (AvgIpc) is 2.84. The maximum absolute atomic E-state index is 14.1. The zero-order valence-electron chi connectivity index (χ0n) is 18.5. The van der Waals surface area contributed by atoms with Crippen LogP contribution in [-0.2, 0) is 4.79 Å². The Morgan fingerprint density at radius 3 is 2.19 bits per heavy atom. The highest BCUT2D eigenvalue weighted by molar-refractivity contribution is 5.94. The monoisotopic (exact) mass is 438 g/mol. The highest BCUT2D eigenvalue weighted by Crippen LogP contribution is 2.37. The third-order valence-corrected chi connectivity index (χ3v) is 6.74.